The SMILES string of the molecule is CC(C)c1cccc(Oc2nccc(N)n2)c1. The maximum atomic E-state index is 5.56. The van der Waals surface area contributed by atoms with Gasteiger partial charge in [-0.2, -0.15) is 4.98 Å². The van der Waals surface area contributed by atoms with Crippen LogP contribution < -0.4 is 10.5 Å². The van der Waals surface area contributed by atoms with Gasteiger partial charge in [0.2, 0.25) is 0 Å². The first-order valence-corrected chi connectivity index (χ1v) is 5.51. The van der Waals surface area contributed by atoms with Crippen LogP contribution in [0.15, 0.2) is 36.5 Å². The van der Waals surface area contributed by atoms with Crippen molar-refractivity contribution in [3.8, 4) is 11.8 Å². The Kier molecular flexibility index (Phi) is 3.23. The Labute approximate surface area is 100 Å². The number of anilines is 1. The van der Waals surface area contributed by atoms with E-state index in [-0.39, 0.29) is 6.01 Å². The van der Waals surface area contributed by atoms with Gasteiger partial charge in [0, 0.05) is 6.20 Å². The quantitative estimate of drug-likeness (QED) is 0.878. The van der Waals surface area contributed by atoms with Gasteiger partial charge in [0.15, 0.2) is 0 Å². The second kappa shape index (κ2) is 4.82. The first-order valence-electron chi connectivity index (χ1n) is 5.51. The zero-order valence-electron chi connectivity index (χ0n) is 9.92. The Morgan fingerprint density at radius 1 is 1.24 bits per heavy atom. The van der Waals surface area contributed by atoms with Crippen molar-refractivity contribution in [1.29, 1.82) is 0 Å². The highest BCUT2D eigenvalue weighted by Gasteiger charge is 2.03. The fourth-order valence-corrected chi connectivity index (χ4v) is 1.45. The lowest BCUT2D eigenvalue weighted by Crippen LogP contribution is -1.96. The summed E-state index contributed by atoms with van der Waals surface area (Å²) < 4.78 is 5.55. The number of benzene rings is 1. The third-order valence-electron chi connectivity index (χ3n) is 2.39. The molecule has 0 spiro atoms. The van der Waals surface area contributed by atoms with Gasteiger partial charge in [-0.1, -0.05) is 26.0 Å². The molecule has 17 heavy (non-hydrogen) atoms. The summed E-state index contributed by atoms with van der Waals surface area (Å²) in [5.41, 5.74) is 6.77. The van der Waals surface area contributed by atoms with E-state index in [9.17, 15) is 0 Å². The highest BCUT2D eigenvalue weighted by molar-refractivity contribution is 5.33. The minimum Gasteiger partial charge on any atom is -0.424 e. The van der Waals surface area contributed by atoms with Crippen molar-refractivity contribution >= 4 is 5.82 Å². The summed E-state index contributed by atoms with van der Waals surface area (Å²) in [6.07, 6.45) is 1.57. The van der Waals surface area contributed by atoms with Gasteiger partial charge >= 0.3 is 6.01 Å². The molecule has 0 saturated carbocycles. The highest BCUT2D eigenvalue weighted by atomic mass is 16.5. The van der Waals surface area contributed by atoms with Gasteiger partial charge in [0.05, 0.1) is 0 Å². The lowest BCUT2D eigenvalue weighted by Gasteiger charge is -2.08. The average Bonchev–Trinajstić information content (AvgIpc) is 2.29. The lowest BCUT2D eigenvalue weighted by molar-refractivity contribution is 0.442. The predicted octanol–water partition coefficient (Wildman–Crippen LogP) is 2.97. The largest absolute Gasteiger partial charge is 0.424 e. The van der Waals surface area contributed by atoms with E-state index in [1.54, 1.807) is 12.3 Å². The van der Waals surface area contributed by atoms with E-state index in [2.05, 4.69) is 29.9 Å². The van der Waals surface area contributed by atoms with E-state index in [0.29, 0.717) is 11.7 Å². The Hall–Kier alpha value is -2.10. The summed E-state index contributed by atoms with van der Waals surface area (Å²) in [5, 5.41) is 0. The Morgan fingerprint density at radius 3 is 2.76 bits per heavy atom. The third-order valence-corrected chi connectivity index (χ3v) is 2.39. The molecular weight excluding hydrogens is 214 g/mol. The van der Waals surface area contributed by atoms with Crippen LogP contribution in [0.5, 0.6) is 11.8 Å². The lowest BCUT2D eigenvalue weighted by atomic mass is 10.0. The molecule has 0 saturated heterocycles. The number of nitrogen functional groups attached to an aromatic ring is 1. The molecule has 2 N–H and O–H groups in total. The Morgan fingerprint density at radius 2 is 2.06 bits per heavy atom. The van der Waals surface area contributed by atoms with Crippen molar-refractivity contribution in [2.75, 3.05) is 5.73 Å². The van der Waals surface area contributed by atoms with Gasteiger partial charge < -0.3 is 10.5 Å². The molecule has 2 rings (SSSR count). The fraction of sp³-hybridized carbons (Fsp3) is 0.231. The van der Waals surface area contributed by atoms with Crippen molar-refractivity contribution in [1.82, 2.24) is 9.97 Å². The summed E-state index contributed by atoms with van der Waals surface area (Å²) in [6, 6.07) is 9.77. The fourth-order valence-electron chi connectivity index (χ4n) is 1.45. The molecule has 0 unspecified atom stereocenters. The molecule has 0 bridgehead atoms. The van der Waals surface area contributed by atoms with E-state index in [1.807, 2.05) is 18.2 Å². The number of nitrogens with zero attached hydrogens (tertiary/aromatic N) is 2. The van der Waals surface area contributed by atoms with Gasteiger partial charge in [-0.3, -0.25) is 0 Å². The molecule has 1 heterocycles. The number of ether oxygens (including phenoxy) is 1. The second-order valence-corrected chi connectivity index (χ2v) is 4.09. The summed E-state index contributed by atoms with van der Waals surface area (Å²) in [4.78, 5) is 7.98. The maximum absolute atomic E-state index is 5.56. The molecule has 0 fully saturated rings. The van der Waals surface area contributed by atoms with Gasteiger partial charge in [0.1, 0.15) is 11.6 Å². The predicted molar refractivity (Wildman–Crippen MR) is 67.0 cm³/mol. The summed E-state index contributed by atoms with van der Waals surface area (Å²) in [7, 11) is 0. The third kappa shape index (κ3) is 2.93. The average molecular weight is 229 g/mol. The van der Waals surface area contributed by atoms with Crippen LogP contribution in [0, 0.1) is 0 Å². The summed E-state index contributed by atoms with van der Waals surface area (Å²) in [6.45, 7) is 4.27. The van der Waals surface area contributed by atoms with Crippen LogP contribution in [-0.4, -0.2) is 9.97 Å². The molecule has 0 atom stereocenters. The number of hydrogen-bond acceptors (Lipinski definition) is 4. The molecule has 88 valence electrons. The molecule has 4 nitrogen and oxygen atoms in total. The summed E-state index contributed by atoms with van der Waals surface area (Å²) >= 11 is 0. The van der Waals surface area contributed by atoms with Gasteiger partial charge in [-0.15, -0.1) is 0 Å². The topological polar surface area (TPSA) is 61.0 Å². The monoisotopic (exact) mass is 229 g/mol. The van der Waals surface area contributed by atoms with Crippen molar-refractivity contribution in [2.45, 2.75) is 19.8 Å². The van der Waals surface area contributed by atoms with Gasteiger partial charge in [-0.25, -0.2) is 4.98 Å². The number of hydrogen-bond donors (Lipinski definition) is 1. The molecule has 0 aliphatic heterocycles. The van der Waals surface area contributed by atoms with Crippen LogP contribution in [0.4, 0.5) is 5.82 Å². The van der Waals surface area contributed by atoms with E-state index in [1.165, 1.54) is 5.56 Å². The van der Waals surface area contributed by atoms with Crippen molar-refractivity contribution in [3.05, 3.63) is 42.1 Å². The minimum atomic E-state index is 0.269. The van der Waals surface area contributed by atoms with Crippen LogP contribution in [-0.2, 0) is 0 Å². The van der Waals surface area contributed by atoms with E-state index in [4.69, 9.17) is 10.5 Å². The van der Waals surface area contributed by atoms with Crippen LogP contribution in [0.2, 0.25) is 0 Å². The zero-order chi connectivity index (χ0) is 12.3. The molecule has 4 heteroatoms. The first kappa shape index (κ1) is 11.4. The van der Waals surface area contributed by atoms with Crippen molar-refractivity contribution in [3.63, 3.8) is 0 Å². The standard InChI is InChI=1S/C13H15N3O/c1-9(2)10-4-3-5-11(8-10)17-13-15-7-6-12(14)16-13/h3-9H,1-2H3,(H2,14,15,16). The van der Waals surface area contributed by atoms with E-state index in [0.717, 1.165) is 5.75 Å². The number of nitrogens with two attached hydrogens (primary N) is 1. The Bertz CT molecular complexity index is 512. The zero-order valence-corrected chi connectivity index (χ0v) is 9.92. The molecule has 1 aromatic heterocycles. The smallest absolute Gasteiger partial charge is 0.323 e. The number of rotatable bonds is 3. The molecule has 0 aliphatic rings. The van der Waals surface area contributed by atoms with Crippen LogP contribution in [0.1, 0.15) is 25.3 Å². The Balaban J connectivity index is 2.21. The minimum absolute atomic E-state index is 0.269. The van der Waals surface area contributed by atoms with E-state index >= 15 is 0 Å². The van der Waals surface area contributed by atoms with Crippen molar-refractivity contribution < 1.29 is 4.74 Å². The molecule has 0 amide bonds. The van der Waals surface area contributed by atoms with Crippen molar-refractivity contribution in [2.24, 2.45) is 0 Å². The van der Waals surface area contributed by atoms with E-state index < -0.39 is 0 Å². The molecular formula is C13H15N3O. The van der Waals surface area contributed by atoms with Crippen LogP contribution >= 0.6 is 0 Å². The first-order chi connectivity index (χ1) is 8.15. The second-order valence-electron chi connectivity index (χ2n) is 4.09. The van der Waals surface area contributed by atoms with Gasteiger partial charge in [-0.05, 0) is 29.7 Å². The highest BCUT2D eigenvalue weighted by Crippen LogP contribution is 2.23. The molecule has 2 aromatic rings. The molecule has 0 aliphatic carbocycles. The molecule has 0 radical (unpaired) electrons. The van der Waals surface area contributed by atoms with Gasteiger partial charge in [0.25, 0.3) is 0 Å². The number of aromatic nitrogens is 2. The van der Waals surface area contributed by atoms with Crippen LogP contribution in [0.3, 0.4) is 0 Å². The molecule has 1 aromatic carbocycles. The normalized spacial score (nSPS) is 10.5. The summed E-state index contributed by atoms with van der Waals surface area (Å²) in [5.74, 6) is 1.58. The van der Waals surface area contributed by atoms with Crippen LogP contribution in [0.25, 0.3) is 0 Å². The maximum Gasteiger partial charge on any atom is 0.323 e.